The third kappa shape index (κ3) is 1.47. The highest BCUT2D eigenvalue weighted by atomic mass is 16.1. The van der Waals surface area contributed by atoms with Gasteiger partial charge < -0.3 is 10.3 Å². The summed E-state index contributed by atoms with van der Waals surface area (Å²) in [5, 5.41) is 0. The van der Waals surface area contributed by atoms with Crippen LogP contribution in [0.3, 0.4) is 0 Å². The quantitative estimate of drug-likeness (QED) is 0.873. The molecule has 0 bridgehead atoms. The molecule has 2 aliphatic rings. The predicted octanol–water partition coefficient (Wildman–Crippen LogP) is 2.86. The summed E-state index contributed by atoms with van der Waals surface area (Å²) in [6.07, 6.45) is 3.36. The molecular weight excluding hydrogens is 236 g/mol. The molecule has 1 unspecified atom stereocenters. The second-order valence-corrected chi connectivity index (χ2v) is 7.28. The number of amides is 1. The number of hydrogen-bond donors (Lipinski definition) is 1. The van der Waals surface area contributed by atoms with Crippen LogP contribution in [0.2, 0.25) is 0 Å². The minimum Gasteiger partial charge on any atom is -0.369 e. The third-order valence-corrected chi connectivity index (χ3v) is 5.18. The SMILES string of the molecule is Cc1c2c(c(C)n1C1CC1)C(C)(C(N)=O)CC2(C)C. The van der Waals surface area contributed by atoms with E-state index in [1.54, 1.807) is 0 Å². The van der Waals surface area contributed by atoms with Crippen LogP contribution in [-0.2, 0) is 15.6 Å². The molecule has 19 heavy (non-hydrogen) atoms. The van der Waals surface area contributed by atoms with Gasteiger partial charge in [0.25, 0.3) is 0 Å². The molecule has 1 aromatic heterocycles. The summed E-state index contributed by atoms with van der Waals surface area (Å²) in [5.74, 6) is -0.185. The molecule has 2 N–H and O–H groups in total. The van der Waals surface area contributed by atoms with Crippen molar-refractivity contribution in [3.05, 3.63) is 22.5 Å². The number of carbonyl (C=O) groups is 1. The Morgan fingerprint density at radius 3 is 2.16 bits per heavy atom. The molecule has 0 aliphatic heterocycles. The standard InChI is InChI=1S/C16H24N2O/c1-9-12-13(10(2)18(9)11-6-7-11)16(5,14(17)19)8-15(12,3)4/h11H,6-8H2,1-5H3,(H2,17,19). The van der Waals surface area contributed by atoms with Gasteiger partial charge in [0, 0.05) is 17.4 Å². The summed E-state index contributed by atoms with van der Waals surface area (Å²) >= 11 is 0. The molecular formula is C16H24N2O. The molecule has 3 nitrogen and oxygen atoms in total. The van der Waals surface area contributed by atoms with E-state index in [2.05, 4.69) is 32.3 Å². The van der Waals surface area contributed by atoms with Gasteiger partial charge in [-0.3, -0.25) is 4.79 Å². The summed E-state index contributed by atoms with van der Waals surface area (Å²) in [4.78, 5) is 12.0. The van der Waals surface area contributed by atoms with Crippen molar-refractivity contribution in [1.82, 2.24) is 4.57 Å². The van der Waals surface area contributed by atoms with Gasteiger partial charge in [-0.1, -0.05) is 13.8 Å². The Bertz CT molecular complexity index is 578. The number of carbonyl (C=O) groups excluding carboxylic acids is 1. The van der Waals surface area contributed by atoms with Crippen molar-refractivity contribution < 1.29 is 4.79 Å². The molecule has 3 heteroatoms. The van der Waals surface area contributed by atoms with Crippen molar-refractivity contribution in [3.8, 4) is 0 Å². The third-order valence-electron chi connectivity index (χ3n) is 5.18. The molecule has 1 amide bonds. The molecule has 3 rings (SSSR count). The average molecular weight is 260 g/mol. The molecule has 1 aromatic rings. The zero-order valence-electron chi connectivity index (χ0n) is 12.6. The van der Waals surface area contributed by atoms with Crippen molar-refractivity contribution in [1.29, 1.82) is 0 Å². The Labute approximate surface area is 115 Å². The van der Waals surface area contributed by atoms with Gasteiger partial charge >= 0.3 is 0 Å². The van der Waals surface area contributed by atoms with Crippen LogP contribution in [0, 0.1) is 13.8 Å². The number of aromatic nitrogens is 1. The lowest BCUT2D eigenvalue weighted by atomic mass is 9.79. The molecule has 0 aromatic carbocycles. The van der Waals surface area contributed by atoms with E-state index in [1.165, 1.54) is 35.4 Å². The average Bonchev–Trinajstić information content (AvgIpc) is 3.00. The number of nitrogens with zero attached hydrogens (tertiary/aromatic N) is 1. The van der Waals surface area contributed by atoms with Crippen molar-refractivity contribution in [2.45, 2.75) is 70.8 Å². The van der Waals surface area contributed by atoms with Crippen LogP contribution in [0.4, 0.5) is 0 Å². The van der Waals surface area contributed by atoms with E-state index in [9.17, 15) is 4.79 Å². The van der Waals surface area contributed by atoms with Gasteiger partial charge in [0.1, 0.15) is 0 Å². The van der Waals surface area contributed by atoms with Crippen LogP contribution < -0.4 is 5.73 Å². The topological polar surface area (TPSA) is 48.0 Å². The number of fused-ring (bicyclic) bond motifs is 1. The second-order valence-electron chi connectivity index (χ2n) is 7.28. The van der Waals surface area contributed by atoms with Crippen LogP contribution in [0.15, 0.2) is 0 Å². The largest absolute Gasteiger partial charge is 0.369 e. The first-order valence-electron chi connectivity index (χ1n) is 7.22. The van der Waals surface area contributed by atoms with Gasteiger partial charge in [-0.25, -0.2) is 0 Å². The fourth-order valence-electron chi connectivity index (χ4n) is 4.51. The smallest absolute Gasteiger partial charge is 0.227 e. The number of nitrogens with two attached hydrogens (primary N) is 1. The first-order valence-corrected chi connectivity index (χ1v) is 7.22. The molecule has 0 saturated heterocycles. The summed E-state index contributed by atoms with van der Waals surface area (Å²) in [7, 11) is 0. The van der Waals surface area contributed by atoms with E-state index in [4.69, 9.17) is 5.73 Å². The molecule has 0 radical (unpaired) electrons. The maximum atomic E-state index is 12.0. The fraction of sp³-hybridized carbons (Fsp3) is 0.688. The highest BCUT2D eigenvalue weighted by molar-refractivity contribution is 5.89. The Hall–Kier alpha value is -1.25. The molecule has 0 spiro atoms. The summed E-state index contributed by atoms with van der Waals surface area (Å²) in [6, 6.07) is 0.651. The molecule has 1 saturated carbocycles. The van der Waals surface area contributed by atoms with Crippen LogP contribution in [-0.4, -0.2) is 10.5 Å². The highest BCUT2D eigenvalue weighted by Crippen LogP contribution is 2.54. The minimum absolute atomic E-state index is 0.0358. The van der Waals surface area contributed by atoms with E-state index in [-0.39, 0.29) is 11.3 Å². The second kappa shape index (κ2) is 3.44. The Kier molecular flexibility index (Phi) is 2.31. The van der Waals surface area contributed by atoms with Crippen LogP contribution in [0.5, 0.6) is 0 Å². The van der Waals surface area contributed by atoms with E-state index in [1.807, 2.05) is 6.92 Å². The van der Waals surface area contributed by atoms with E-state index >= 15 is 0 Å². The fourth-order valence-corrected chi connectivity index (χ4v) is 4.51. The Morgan fingerprint density at radius 2 is 1.68 bits per heavy atom. The summed E-state index contributed by atoms with van der Waals surface area (Å²) in [5.41, 5.74) is 10.5. The maximum absolute atomic E-state index is 12.0. The van der Waals surface area contributed by atoms with Crippen molar-refractivity contribution in [2.24, 2.45) is 5.73 Å². The minimum atomic E-state index is -0.506. The van der Waals surface area contributed by atoms with Gasteiger partial charge in [0.05, 0.1) is 5.41 Å². The van der Waals surface area contributed by atoms with Crippen LogP contribution >= 0.6 is 0 Å². The molecule has 104 valence electrons. The van der Waals surface area contributed by atoms with Gasteiger partial charge in [0.2, 0.25) is 5.91 Å². The van der Waals surface area contributed by atoms with Crippen molar-refractivity contribution in [2.75, 3.05) is 0 Å². The lowest BCUT2D eigenvalue weighted by Crippen LogP contribution is -2.38. The van der Waals surface area contributed by atoms with Crippen LogP contribution in [0.1, 0.15) is 68.6 Å². The lowest BCUT2D eigenvalue weighted by molar-refractivity contribution is -0.123. The Morgan fingerprint density at radius 1 is 1.16 bits per heavy atom. The van der Waals surface area contributed by atoms with E-state index in [0.29, 0.717) is 6.04 Å². The van der Waals surface area contributed by atoms with Gasteiger partial charge in [-0.15, -0.1) is 0 Å². The first kappa shape index (κ1) is 12.8. The van der Waals surface area contributed by atoms with Crippen molar-refractivity contribution in [3.63, 3.8) is 0 Å². The summed E-state index contributed by atoms with van der Waals surface area (Å²) < 4.78 is 2.45. The number of rotatable bonds is 2. The zero-order valence-corrected chi connectivity index (χ0v) is 12.6. The lowest BCUT2D eigenvalue weighted by Gasteiger charge is -2.27. The van der Waals surface area contributed by atoms with Crippen LogP contribution in [0.25, 0.3) is 0 Å². The monoisotopic (exact) mass is 260 g/mol. The summed E-state index contributed by atoms with van der Waals surface area (Å²) in [6.45, 7) is 10.9. The van der Waals surface area contributed by atoms with Gasteiger partial charge in [-0.2, -0.15) is 0 Å². The van der Waals surface area contributed by atoms with Crippen molar-refractivity contribution >= 4 is 5.91 Å². The first-order chi connectivity index (χ1) is 8.70. The van der Waals surface area contributed by atoms with E-state index in [0.717, 1.165) is 6.42 Å². The molecule has 2 aliphatic carbocycles. The van der Waals surface area contributed by atoms with E-state index < -0.39 is 5.41 Å². The van der Waals surface area contributed by atoms with Gasteiger partial charge in [-0.05, 0) is 56.6 Å². The normalized spacial score (nSPS) is 28.5. The number of hydrogen-bond acceptors (Lipinski definition) is 1. The Balaban J connectivity index is 2.31. The predicted molar refractivity (Wildman–Crippen MR) is 76.4 cm³/mol. The zero-order chi connectivity index (χ0) is 14.2. The molecule has 1 atom stereocenters. The highest BCUT2D eigenvalue weighted by Gasteiger charge is 2.52. The molecule has 1 fully saturated rings. The molecule has 1 heterocycles. The maximum Gasteiger partial charge on any atom is 0.227 e. The van der Waals surface area contributed by atoms with Gasteiger partial charge in [0.15, 0.2) is 0 Å². The number of primary amides is 1.